The lowest BCUT2D eigenvalue weighted by atomic mass is 10.2. The van der Waals surface area contributed by atoms with Gasteiger partial charge in [-0.1, -0.05) is 17.7 Å². The number of hydrogen-bond donors (Lipinski definition) is 2. The van der Waals surface area contributed by atoms with E-state index < -0.39 is 17.8 Å². The molecule has 4 amide bonds. The van der Waals surface area contributed by atoms with Gasteiger partial charge in [-0.15, -0.1) is 0 Å². The Kier molecular flexibility index (Phi) is 4.62. The number of benzene rings is 1. The Morgan fingerprint density at radius 1 is 1.19 bits per heavy atom. The predicted molar refractivity (Wildman–Crippen MR) is 96.2 cm³/mol. The first-order valence-corrected chi connectivity index (χ1v) is 8.11. The van der Waals surface area contributed by atoms with Crippen molar-refractivity contribution in [2.45, 2.75) is 20.8 Å². The fraction of sp³-hybridized carbons (Fsp3) is 0.211. The van der Waals surface area contributed by atoms with E-state index in [1.54, 1.807) is 38.1 Å². The second-order valence-corrected chi connectivity index (χ2v) is 6.16. The highest BCUT2D eigenvalue weighted by Gasteiger charge is 2.35. The van der Waals surface area contributed by atoms with Gasteiger partial charge in [-0.3, -0.25) is 9.59 Å². The molecule has 0 aliphatic carbocycles. The summed E-state index contributed by atoms with van der Waals surface area (Å²) in [5, 5.41) is 5.16. The number of amides is 4. The average Bonchev–Trinajstić information content (AvgIpc) is 3.03. The number of hydrogen-bond acceptors (Lipinski definition) is 4. The first kappa shape index (κ1) is 17.5. The molecule has 0 unspecified atom stereocenters. The molecule has 0 atom stereocenters. The predicted octanol–water partition coefficient (Wildman–Crippen LogP) is 2.74. The largest absolute Gasteiger partial charge is 0.466 e. The van der Waals surface area contributed by atoms with E-state index in [0.717, 1.165) is 10.5 Å². The lowest BCUT2D eigenvalue weighted by molar-refractivity contribution is -0.127. The van der Waals surface area contributed by atoms with Gasteiger partial charge in [-0.2, -0.15) is 0 Å². The van der Waals surface area contributed by atoms with Gasteiger partial charge in [0.1, 0.15) is 23.8 Å². The van der Waals surface area contributed by atoms with Crippen LogP contribution >= 0.6 is 0 Å². The van der Waals surface area contributed by atoms with Crippen LogP contribution in [0.5, 0.6) is 0 Å². The van der Waals surface area contributed by atoms with Gasteiger partial charge in [0.15, 0.2) is 0 Å². The summed E-state index contributed by atoms with van der Waals surface area (Å²) in [4.78, 5) is 37.5. The minimum atomic E-state index is -0.627. The van der Waals surface area contributed by atoms with Gasteiger partial charge in [0, 0.05) is 11.3 Å². The van der Waals surface area contributed by atoms with E-state index in [1.807, 2.05) is 19.1 Å². The number of nitrogens with one attached hydrogen (secondary N) is 2. The topological polar surface area (TPSA) is 91.7 Å². The monoisotopic (exact) mass is 353 g/mol. The minimum Gasteiger partial charge on any atom is -0.466 e. The van der Waals surface area contributed by atoms with E-state index in [2.05, 4.69) is 10.6 Å². The summed E-state index contributed by atoms with van der Waals surface area (Å²) in [7, 11) is 0. The number of rotatable bonds is 4. The summed E-state index contributed by atoms with van der Waals surface area (Å²) in [6, 6.07) is 8.38. The average molecular weight is 353 g/mol. The molecule has 2 aromatic rings. The van der Waals surface area contributed by atoms with Crippen LogP contribution in [-0.2, 0) is 9.59 Å². The van der Waals surface area contributed by atoms with Crippen LogP contribution in [0.3, 0.4) is 0 Å². The van der Waals surface area contributed by atoms with E-state index in [9.17, 15) is 14.4 Å². The van der Waals surface area contributed by atoms with Crippen LogP contribution in [0.2, 0.25) is 0 Å². The molecule has 0 radical (unpaired) electrons. The normalized spacial score (nSPS) is 15.5. The Hall–Kier alpha value is -3.35. The number of carbonyl (C=O) groups is 3. The van der Waals surface area contributed by atoms with Crippen LogP contribution in [0, 0.1) is 20.8 Å². The van der Waals surface area contributed by atoms with Crippen LogP contribution in [0.4, 0.5) is 10.5 Å². The molecule has 3 rings (SSSR count). The van der Waals surface area contributed by atoms with E-state index in [0.29, 0.717) is 22.8 Å². The van der Waals surface area contributed by atoms with Gasteiger partial charge in [0.05, 0.1) is 0 Å². The first-order valence-electron chi connectivity index (χ1n) is 8.11. The second-order valence-electron chi connectivity index (χ2n) is 6.16. The van der Waals surface area contributed by atoms with Crippen LogP contribution < -0.4 is 10.6 Å². The van der Waals surface area contributed by atoms with Gasteiger partial charge in [-0.05, 0) is 45.0 Å². The summed E-state index contributed by atoms with van der Waals surface area (Å²) in [5.74, 6) is 0.356. The molecule has 134 valence electrons. The molecule has 0 spiro atoms. The molecular formula is C19H19N3O4. The molecule has 1 saturated heterocycles. The van der Waals surface area contributed by atoms with Crippen molar-refractivity contribution in [3.63, 3.8) is 0 Å². The van der Waals surface area contributed by atoms with E-state index >= 15 is 0 Å². The third-order valence-electron chi connectivity index (χ3n) is 3.98. The van der Waals surface area contributed by atoms with Gasteiger partial charge < -0.3 is 15.1 Å². The molecule has 1 aromatic heterocycles. The van der Waals surface area contributed by atoms with Crippen molar-refractivity contribution in [3.05, 3.63) is 58.7 Å². The summed E-state index contributed by atoms with van der Waals surface area (Å²) < 4.78 is 5.41. The summed E-state index contributed by atoms with van der Waals surface area (Å²) in [6.07, 6.45) is 1.55. The zero-order chi connectivity index (χ0) is 18.8. The van der Waals surface area contributed by atoms with Gasteiger partial charge in [0.2, 0.25) is 5.91 Å². The summed E-state index contributed by atoms with van der Waals surface area (Å²) in [5.41, 5.74) is 2.49. The smallest absolute Gasteiger partial charge is 0.329 e. The fourth-order valence-electron chi connectivity index (χ4n) is 2.65. The van der Waals surface area contributed by atoms with Crippen LogP contribution in [0.1, 0.15) is 22.6 Å². The molecular weight excluding hydrogens is 334 g/mol. The van der Waals surface area contributed by atoms with Crippen molar-refractivity contribution in [1.29, 1.82) is 0 Å². The van der Waals surface area contributed by atoms with Crippen molar-refractivity contribution >= 4 is 29.6 Å². The molecule has 7 nitrogen and oxygen atoms in total. The third-order valence-corrected chi connectivity index (χ3v) is 3.98. The highest BCUT2D eigenvalue weighted by atomic mass is 16.3. The second kappa shape index (κ2) is 6.87. The zero-order valence-corrected chi connectivity index (χ0v) is 14.8. The standard InChI is InChI=1S/C19H19N3O4/c1-11-4-6-15(7-5-11)20-17(23)10-22-18(24)16(21-19(22)25)9-14-8-12(2)26-13(14)3/h4-9H,10H2,1-3H3,(H,20,23)(H,21,25)/b16-9-. The Balaban J connectivity index is 1.70. The minimum absolute atomic E-state index is 0.113. The first-order chi connectivity index (χ1) is 12.3. The quantitative estimate of drug-likeness (QED) is 0.653. The highest BCUT2D eigenvalue weighted by molar-refractivity contribution is 6.16. The fourth-order valence-corrected chi connectivity index (χ4v) is 2.65. The van der Waals surface area contributed by atoms with Crippen molar-refractivity contribution in [2.24, 2.45) is 0 Å². The van der Waals surface area contributed by atoms with Crippen molar-refractivity contribution in [1.82, 2.24) is 10.2 Å². The SMILES string of the molecule is Cc1ccc(NC(=O)CN2C(=O)N/C(=C\c3cc(C)oc3C)C2=O)cc1. The molecule has 1 fully saturated rings. The van der Waals surface area contributed by atoms with Crippen LogP contribution in [-0.4, -0.2) is 29.3 Å². The van der Waals surface area contributed by atoms with Crippen LogP contribution in [0.25, 0.3) is 6.08 Å². The van der Waals surface area contributed by atoms with Gasteiger partial charge in [-0.25, -0.2) is 9.69 Å². The molecule has 0 saturated carbocycles. The summed E-state index contributed by atoms with van der Waals surface area (Å²) >= 11 is 0. The maximum absolute atomic E-state index is 12.4. The number of furan rings is 1. The number of carbonyl (C=O) groups excluding carboxylic acids is 3. The molecule has 1 aliphatic rings. The van der Waals surface area contributed by atoms with Gasteiger partial charge >= 0.3 is 6.03 Å². The molecule has 7 heteroatoms. The highest BCUT2D eigenvalue weighted by Crippen LogP contribution is 2.19. The molecule has 1 aliphatic heterocycles. The lowest BCUT2D eigenvalue weighted by Crippen LogP contribution is -2.38. The number of urea groups is 1. The molecule has 0 bridgehead atoms. The van der Waals surface area contributed by atoms with Crippen molar-refractivity contribution in [2.75, 3.05) is 11.9 Å². The van der Waals surface area contributed by atoms with E-state index in [-0.39, 0.29) is 12.2 Å². The molecule has 2 N–H and O–H groups in total. The number of aryl methyl sites for hydroxylation is 3. The van der Waals surface area contributed by atoms with Gasteiger partial charge in [0.25, 0.3) is 5.91 Å². The Labute approximate surface area is 150 Å². The Morgan fingerprint density at radius 2 is 1.88 bits per heavy atom. The number of nitrogens with zero attached hydrogens (tertiary/aromatic N) is 1. The summed E-state index contributed by atoms with van der Waals surface area (Å²) in [6.45, 7) is 5.15. The van der Waals surface area contributed by atoms with Crippen LogP contribution in [0.15, 0.2) is 40.4 Å². The molecule has 2 heterocycles. The van der Waals surface area contributed by atoms with Crippen molar-refractivity contribution < 1.29 is 18.8 Å². The van der Waals surface area contributed by atoms with E-state index in [1.165, 1.54) is 0 Å². The molecule has 26 heavy (non-hydrogen) atoms. The third kappa shape index (κ3) is 3.66. The number of imide groups is 1. The maximum atomic E-state index is 12.4. The van der Waals surface area contributed by atoms with Crippen molar-refractivity contribution in [3.8, 4) is 0 Å². The Bertz CT molecular complexity index is 909. The lowest BCUT2D eigenvalue weighted by Gasteiger charge is -2.12. The van der Waals surface area contributed by atoms with E-state index in [4.69, 9.17) is 4.42 Å². The zero-order valence-electron chi connectivity index (χ0n) is 14.8. The molecule has 1 aromatic carbocycles. The number of anilines is 1. The Morgan fingerprint density at radius 3 is 2.50 bits per heavy atom. The maximum Gasteiger partial charge on any atom is 0.329 e.